The number of amides is 1. The van der Waals surface area contributed by atoms with Crippen LogP contribution in [0.1, 0.15) is 11.1 Å². The summed E-state index contributed by atoms with van der Waals surface area (Å²) in [6.07, 6.45) is 2.06. The van der Waals surface area contributed by atoms with Gasteiger partial charge in [0.25, 0.3) is 0 Å². The van der Waals surface area contributed by atoms with Crippen molar-refractivity contribution in [2.24, 2.45) is 0 Å². The smallest absolute Gasteiger partial charge is 0.250 e. The Morgan fingerprint density at radius 1 is 1.32 bits per heavy atom. The van der Waals surface area contributed by atoms with E-state index in [2.05, 4.69) is 6.58 Å². The molecule has 1 heterocycles. The van der Waals surface area contributed by atoms with Gasteiger partial charge in [-0.25, -0.2) is 4.39 Å². The van der Waals surface area contributed by atoms with Crippen LogP contribution in [0, 0.1) is 5.82 Å². The minimum atomic E-state index is -0.276. The maximum absolute atomic E-state index is 13.2. The summed E-state index contributed by atoms with van der Waals surface area (Å²) in [4.78, 5) is 13.5. The molecular weight excluding hydrogens is 281 g/mol. The third-order valence-corrected chi connectivity index (χ3v) is 3.71. The maximum Gasteiger partial charge on any atom is 0.250 e. The van der Waals surface area contributed by atoms with Crippen LogP contribution in [0.3, 0.4) is 0 Å². The molecule has 0 saturated heterocycles. The Morgan fingerprint density at radius 3 is 2.91 bits per heavy atom. The minimum Gasteiger partial charge on any atom is -0.489 e. The molecule has 0 aromatic heterocycles. The van der Waals surface area contributed by atoms with Crippen LogP contribution in [0.5, 0.6) is 5.75 Å². The second kappa shape index (κ2) is 6.02. The number of rotatable bonds is 4. The largest absolute Gasteiger partial charge is 0.489 e. The molecule has 2 aromatic rings. The predicted molar refractivity (Wildman–Crippen MR) is 83.4 cm³/mol. The number of hydrogen-bond donors (Lipinski definition) is 0. The van der Waals surface area contributed by atoms with Crippen molar-refractivity contribution in [3.8, 4) is 5.75 Å². The zero-order valence-corrected chi connectivity index (χ0v) is 12.1. The van der Waals surface area contributed by atoms with E-state index < -0.39 is 0 Å². The van der Waals surface area contributed by atoms with E-state index in [1.54, 1.807) is 11.0 Å². The highest BCUT2D eigenvalue weighted by molar-refractivity contribution is 6.02. The highest BCUT2D eigenvalue weighted by Crippen LogP contribution is 2.35. The summed E-state index contributed by atoms with van der Waals surface area (Å²) in [6.45, 7) is 4.45. The van der Waals surface area contributed by atoms with E-state index in [0.717, 1.165) is 29.0 Å². The van der Waals surface area contributed by atoms with Crippen LogP contribution >= 0.6 is 0 Å². The molecule has 0 unspecified atom stereocenters. The van der Waals surface area contributed by atoms with Gasteiger partial charge in [0.05, 0.1) is 5.69 Å². The molecule has 1 amide bonds. The summed E-state index contributed by atoms with van der Waals surface area (Å²) in [6, 6.07) is 12.0. The summed E-state index contributed by atoms with van der Waals surface area (Å²) in [5, 5.41) is 0. The van der Waals surface area contributed by atoms with Crippen LogP contribution in [0.2, 0.25) is 0 Å². The van der Waals surface area contributed by atoms with E-state index >= 15 is 0 Å². The lowest BCUT2D eigenvalue weighted by molar-refractivity contribution is -0.114. The maximum atomic E-state index is 13.2. The van der Waals surface area contributed by atoms with Crippen molar-refractivity contribution in [1.82, 2.24) is 0 Å². The van der Waals surface area contributed by atoms with E-state index in [0.29, 0.717) is 13.2 Å². The molecule has 112 valence electrons. The first-order valence-electron chi connectivity index (χ1n) is 7.12. The molecule has 0 bridgehead atoms. The lowest BCUT2D eigenvalue weighted by Gasteiger charge is -2.16. The van der Waals surface area contributed by atoms with Gasteiger partial charge in [0.15, 0.2) is 0 Å². The quantitative estimate of drug-likeness (QED) is 0.809. The zero-order valence-electron chi connectivity index (χ0n) is 12.1. The van der Waals surface area contributed by atoms with Gasteiger partial charge in [-0.05, 0) is 42.3 Å². The summed E-state index contributed by atoms with van der Waals surface area (Å²) >= 11 is 0. The first-order valence-corrected chi connectivity index (χ1v) is 7.12. The van der Waals surface area contributed by atoms with Crippen LogP contribution in [0.4, 0.5) is 10.1 Å². The van der Waals surface area contributed by atoms with Gasteiger partial charge in [0.2, 0.25) is 5.91 Å². The number of benzene rings is 2. The minimum absolute atomic E-state index is 0.110. The molecule has 0 fully saturated rings. The van der Waals surface area contributed by atoms with Gasteiger partial charge in [0.1, 0.15) is 18.2 Å². The molecule has 4 heteroatoms. The summed E-state index contributed by atoms with van der Waals surface area (Å²) in [5.74, 6) is 0.351. The lowest BCUT2D eigenvalue weighted by Crippen LogP contribution is -2.26. The second-order valence-electron chi connectivity index (χ2n) is 5.12. The molecule has 1 aliphatic rings. The van der Waals surface area contributed by atoms with Gasteiger partial charge in [-0.15, -0.1) is 0 Å². The highest BCUT2D eigenvalue weighted by atomic mass is 19.1. The Hall–Kier alpha value is -2.62. The molecule has 0 spiro atoms. The van der Waals surface area contributed by atoms with Crippen LogP contribution in [-0.2, 0) is 17.8 Å². The van der Waals surface area contributed by atoms with E-state index in [9.17, 15) is 9.18 Å². The Morgan fingerprint density at radius 2 is 2.14 bits per heavy atom. The Labute approximate surface area is 128 Å². The van der Waals surface area contributed by atoms with Crippen LogP contribution < -0.4 is 9.64 Å². The summed E-state index contributed by atoms with van der Waals surface area (Å²) < 4.78 is 19.0. The van der Waals surface area contributed by atoms with Gasteiger partial charge in [-0.3, -0.25) is 4.79 Å². The van der Waals surface area contributed by atoms with Gasteiger partial charge < -0.3 is 9.64 Å². The van der Waals surface area contributed by atoms with Gasteiger partial charge in [0, 0.05) is 12.1 Å². The molecule has 3 rings (SSSR count). The average molecular weight is 297 g/mol. The fourth-order valence-corrected chi connectivity index (χ4v) is 2.66. The van der Waals surface area contributed by atoms with E-state index in [-0.39, 0.29) is 11.7 Å². The van der Waals surface area contributed by atoms with Crippen molar-refractivity contribution in [2.75, 3.05) is 11.4 Å². The molecule has 0 radical (unpaired) electrons. The van der Waals surface area contributed by atoms with Crippen molar-refractivity contribution in [2.45, 2.75) is 13.0 Å². The first kappa shape index (κ1) is 14.3. The summed E-state index contributed by atoms with van der Waals surface area (Å²) in [5.41, 5.74) is 2.64. The Balaban J connectivity index is 1.80. The average Bonchev–Trinajstić information content (AvgIpc) is 2.97. The number of nitrogens with zero attached hydrogens (tertiary/aromatic N) is 1. The fraction of sp³-hybridized carbons (Fsp3) is 0.167. The van der Waals surface area contributed by atoms with Crippen molar-refractivity contribution in [1.29, 1.82) is 0 Å². The van der Waals surface area contributed by atoms with Crippen molar-refractivity contribution >= 4 is 11.6 Å². The number of ether oxygens (including phenoxy) is 1. The van der Waals surface area contributed by atoms with Gasteiger partial charge in [-0.1, -0.05) is 24.8 Å². The van der Waals surface area contributed by atoms with E-state index in [1.165, 1.54) is 18.2 Å². The first-order chi connectivity index (χ1) is 10.7. The number of anilines is 1. The molecular formula is C18H16FNO2. The molecule has 0 saturated carbocycles. The molecule has 1 aliphatic heterocycles. The Kier molecular flexibility index (Phi) is 3.92. The van der Waals surface area contributed by atoms with Gasteiger partial charge >= 0.3 is 0 Å². The molecule has 3 nitrogen and oxygen atoms in total. The summed E-state index contributed by atoms with van der Waals surface area (Å²) in [7, 11) is 0. The number of fused-ring (bicyclic) bond motifs is 1. The second-order valence-corrected chi connectivity index (χ2v) is 5.12. The number of carbonyl (C=O) groups is 1. The SMILES string of the molecule is C=CC(=O)N1CCc2c(OCc3cccc(F)c3)cccc21. The zero-order chi connectivity index (χ0) is 15.5. The van der Waals surface area contributed by atoms with E-state index in [4.69, 9.17) is 4.74 Å². The van der Waals surface area contributed by atoms with E-state index in [1.807, 2.05) is 24.3 Å². The van der Waals surface area contributed by atoms with Crippen molar-refractivity contribution in [3.05, 3.63) is 72.1 Å². The predicted octanol–water partition coefficient (Wildman–Crippen LogP) is 3.48. The molecule has 0 atom stereocenters. The Bertz CT molecular complexity index is 727. The fourth-order valence-electron chi connectivity index (χ4n) is 2.66. The molecule has 2 aromatic carbocycles. The van der Waals surface area contributed by atoms with Crippen LogP contribution in [-0.4, -0.2) is 12.5 Å². The van der Waals surface area contributed by atoms with Gasteiger partial charge in [-0.2, -0.15) is 0 Å². The monoisotopic (exact) mass is 297 g/mol. The number of hydrogen-bond acceptors (Lipinski definition) is 2. The number of halogens is 1. The third-order valence-electron chi connectivity index (χ3n) is 3.71. The normalized spacial score (nSPS) is 12.9. The standard InChI is InChI=1S/C18H16FNO2/c1-2-18(21)20-10-9-15-16(20)7-4-8-17(15)22-12-13-5-3-6-14(19)11-13/h2-8,11H,1,9-10,12H2. The van der Waals surface area contributed by atoms with Crippen LogP contribution in [0.15, 0.2) is 55.1 Å². The van der Waals surface area contributed by atoms with Crippen molar-refractivity contribution in [3.63, 3.8) is 0 Å². The molecule has 0 N–H and O–H groups in total. The number of carbonyl (C=O) groups excluding carboxylic acids is 1. The van der Waals surface area contributed by atoms with Crippen molar-refractivity contribution < 1.29 is 13.9 Å². The molecule has 22 heavy (non-hydrogen) atoms. The third kappa shape index (κ3) is 2.72. The molecule has 0 aliphatic carbocycles. The lowest BCUT2D eigenvalue weighted by atomic mass is 10.1. The van der Waals surface area contributed by atoms with Crippen LogP contribution in [0.25, 0.3) is 0 Å². The highest BCUT2D eigenvalue weighted by Gasteiger charge is 2.25. The topological polar surface area (TPSA) is 29.5 Å².